The van der Waals surface area contributed by atoms with Crippen molar-refractivity contribution in [3.05, 3.63) is 188 Å². The van der Waals surface area contributed by atoms with Crippen molar-refractivity contribution in [3.8, 4) is 67.5 Å². The molecule has 3 heterocycles. The first-order valence-corrected chi connectivity index (χ1v) is 18.3. The molecule has 0 saturated carbocycles. The first-order valence-electron chi connectivity index (χ1n) is 20.8. The number of hydrogen-bond acceptors (Lipinski definition) is 5. The summed E-state index contributed by atoms with van der Waals surface area (Å²) in [6.45, 7) is 0. The van der Waals surface area contributed by atoms with Crippen LogP contribution < -0.4 is 0 Å². The molecule has 0 bridgehead atoms. The van der Waals surface area contributed by atoms with Gasteiger partial charge in [-0.15, -0.1) is 0 Å². The van der Waals surface area contributed by atoms with Gasteiger partial charge in [0.15, 0.2) is 17.5 Å². The highest BCUT2D eigenvalue weighted by Gasteiger charge is 2.20. The number of aromatic nitrogens is 3. The molecule has 0 amide bonds. The van der Waals surface area contributed by atoms with Crippen LogP contribution in [0.4, 0.5) is 0 Å². The summed E-state index contributed by atoms with van der Waals surface area (Å²) in [5.74, 6) is 1.56. The molecule has 0 fully saturated rings. The van der Waals surface area contributed by atoms with Crippen LogP contribution >= 0.6 is 0 Å². The SMILES string of the molecule is [2H]c1c([2H])c([2H])c(-c2ccc(-c3ccc(-c4ccc5oc6cccc(-c7nc(-c8ccccc8)nc(-c8cccc9c8oc8ccccc89)n7)c6c5c4)cc3)cc2)c([2H])c1[2H]. The summed E-state index contributed by atoms with van der Waals surface area (Å²) in [4.78, 5) is 15.3. The third kappa shape index (κ3) is 5.45. The zero-order valence-corrected chi connectivity index (χ0v) is 29.7. The van der Waals surface area contributed by atoms with Gasteiger partial charge in [0.2, 0.25) is 0 Å². The molecule has 0 atom stereocenters. The number of rotatable bonds is 6. The summed E-state index contributed by atoms with van der Waals surface area (Å²) < 4.78 is 53.7. The standard InChI is InChI=1S/C51H31N3O2/c1-3-11-32(12-4-1)33-21-23-34(24-22-33)35-25-27-36(28-26-35)38-29-30-45-43(31-38)47-41(17-10-20-46(47)55-45)50-52-49(37-13-5-2-6-14-37)53-51(54-50)42-18-9-16-40-39-15-7-8-19-44(39)56-48(40)42/h1-31H/i1D,3D,4D,11D,12D. The Kier molecular flexibility index (Phi) is 6.29. The van der Waals surface area contributed by atoms with Gasteiger partial charge < -0.3 is 8.83 Å². The van der Waals surface area contributed by atoms with Crippen LogP contribution in [0, 0.1) is 0 Å². The van der Waals surface area contributed by atoms with Crippen molar-refractivity contribution in [1.29, 1.82) is 0 Å². The highest BCUT2D eigenvalue weighted by molar-refractivity contribution is 6.13. The second-order valence-electron chi connectivity index (χ2n) is 13.6. The second-order valence-corrected chi connectivity index (χ2v) is 13.6. The van der Waals surface area contributed by atoms with Crippen LogP contribution in [0.2, 0.25) is 0 Å². The summed E-state index contributed by atoms with van der Waals surface area (Å²) in [6.07, 6.45) is 0. The minimum atomic E-state index is -0.404. The maximum absolute atomic E-state index is 8.37. The Bertz CT molecular complexity index is 3500. The molecule has 11 aromatic rings. The van der Waals surface area contributed by atoms with Crippen LogP contribution in [0.3, 0.4) is 0 Å². The number of para-hydroxylation sites is 2. The molecule has 3 aromatic heterocycles. The van der Waals surface area contributed by atoms with E-state index in [1.54, 1.807) is 12.1 Å². The van der Waals surface area contributed by atoms with Gasteiger partial charge in [-0.25, -0.2) is 15.0 Å². The second kappa shape index (κ2) is 13.0. The van der Waals surface area contributed by atoms with Crippen LogP contribution in [0.5, 0.6) is 0 Å². The van der Waals surface area contributed by atoms with E-state index in [0.29, 0.717) is 28.6 Å². The Labute approximate surface area is 329 Å². The summed E-state index contributed by atoms with van der Waals surface area (Å²) >= 11 is 0. The van der Waals surface area contributed by atoms with Gasteiger partial charge in [-0.2, -0.15) is 0 Å². The van der Waals surface area contributed by atoms with Crippen molar-refractivity contribution in [2.75, 3.05) is 0 Å². The van der Waals surface area contributed by atoms with Crippen LogP contribution in [0.25, 0.3) is 111 Å². The summed E-state index contributed by atoms with van der Waals surface area (Å²) in [5.41, 5.74) is 10.1. The van der Waals surface area contributed by atoms with E-state index in [2.05, 4.69) is 48.5 Å². The molecule has 0 spiro atoms. The van der Waals surface area contributed by atoms with E-state index in [4.69, 9.17) is 30.6 Å². The molecule has 0 radical (unpaired) electrons. The van der Waals surface area contributed by atoms with Gasteiger partial charge in [-0.05, 0) is 63.7 Å². The fourth-order valence-electron chi connectivity index (χ4n) is 7.53. The lowest BCUT2D eigenvalue weighted by atomic mass is 9.97. The minimum absolute atomic E-state index is 0.186. The van der Waals surface area contributed by atoms with Crippen LogP contribution in [-0.4, -0.2) is 15.0 Å². The highest BCUT2D eigenvalue weighted by atomic mass is 16.3. The average molecular weight is 723 g/mol. The zero-order chi connectivity index (χ0) is 41.4. The number of nitrogens with zero attached hydrogens (tertiary/aromatic N) is 3. The lowest BCUT2D eigenvalue weighted by Gasteiger charge is -2.10. The molecule has 0 N–H and O–H groups in total. The van der Waals surface area contributed by atoms with Crippen molar-refractivity contribution < 1.29 is 15.7 Å². The molecule has 0 unspecified atom stereocenters. The third-order valence-electron chi connectivity index (χ3n) is 10.3. The van der Waals surface area contributed by atoms with Gasteiger partial charge in [0, 0.05) is 32.7 Å². The van der Waals surface area contributed by atoms with Crippen LogP contribution in [-0.2, 0) is 0 Å². The minimum Gasteiger partial charge on any atom is -0.456 e. The van der Waals surface area contributed by atoms with E-state index in [1.807, 2.05) is 97.1 Å². The van der Waals surface area contributed by atoms with Crippen molar-refractivity contribution >= 4 is 43.9 Å². The van der Waals surface area contributed by atoms with Crippen molar-refractivity contribution in [3.63, 3.8) is 0 Å². The third-order valence-corrected chi connectivity index (χ3v) is 10.3. The monoisotopic (exact) mass is 722 g/mol. The molecule has 8 aromatic carbocycles. The highest BCUT2D eigenvalue weighted by Crippen LogP contribution is 2.40. The van der Waals surface area contributed by atoms with E-state index in [0.717, 1.165) is 77.2 Å². The molecule has 5 heteroatoms. The predicted octanol–water partition coefficient (Wildman–Crippen LogP) is 13.7. The summed E-state index contributed by atoms with van der Waals surface area (Å²) in [7, 11) is 0. The molecule has 11 rings (SSSR count). The smallest absolute Gasteiger partial charge is 0.167 e. The molecule has 56 heavy (non-hydrogen) atoms. The normalized spacial score (nSPS) is 12.8. The van der Waals surface area contributed by atoms with Gasteiger partial charge in [0.25, 0.3) is 0 Å². The number of benzene rings is 8. The van der Waals surface area contributed by atoms with Gasteiger partial charge in [-0.3, -0.25) is 0 Å². The zero-order valence-electron chi connectivity index (χ0n) is 34.7. The Morgan fingerprint density at radius 1 is 0.357 bits per heavy atom. The van der Waals surface area contributed by atoms with Crippen LogP contribution in [0.15, 0.2) is 197 Å². The van der Waals surface area contributed by atoms with Crippen molar-refractivity contribution in [1.82, 2.24) is 15.0 Å². The van der Waals surface area contributed by atoms with E-state index < -0.39 is 6.04 Å². The molecule has 0 aliphatic rings. The van der Waals surface area contributed by atoms with E-state index in [-0.39, 0.29) is 29.7 Å². The van der Waals surface area contributed by atoms with E-state index in [1.165, 1.54) is 0 Å². The topological polar surface area (TPSA) is 65.0 Å². The van der Waals surface area contributed by atoms with E-state index in [9.17, 15) is 0 Å². The molecule has 0 aliphatic heterocycles. The number of furan rings is 2. The summed E-state index contributed by atoms with van der Waals surface area (Å²) in [5, 5.41) is 3.84. The molecule has 262 valence electrons. The molecule has 0 aliphatic carbocycles. The molecular formula is C51H31N3O2. The quantitative estimate of drug-likeness (QED) is 0.171. The Morgan fingerprint density at radius 2 is 0.911 bits per heavy atom. The molecule has 0 saturated heterocycles. The fourth-order valence-corrected chi connectivity index (χ4v) is 7.53. The lowest BCUT2D eigenvalue weighted by molar-refractivity contribution is 0.668. The van der Waals surface area contributed by atoms with Gasteiger partial charge >= 0.3 is 0 Å². The van der Waals surface area contributed by atoms with Gasteiger partial charge in [0.1, 0.15) is 22.3 Å². The number of hydrogen-bond donors (Lipinski definition) is 0. The Balaban J connectivity index is 0.989. The first-order chi connectivity index (χ1) is 29.8. The van der Waals surface area contributed by atoms with Crippen molar-refractivity contribution in [2.45, 2.75) is 0 Å². The summed E-state index contributed by atoms with van der Waals surface area (Å²) in [6, 6.07) is 50.2. The maximum atomic E-state index is 8.37. The van der Waals surface area contributed by atoms with Gasteiger partial charge in [-0.1, -0.05) is 158 Å². The Hall–Kier alpha value is -7.63. The predicted molar refractivity (Wildman–Crippen MR) is 227 cm³/mol. The first kappa shape index (κ1) is 27.0. The van der Waals surface area contributed by atoms with Gasteiger partial charge in [0.05, 0.1) is 12.4 Å². The largest absolute Gasteiger partial charge is 0.456 e. The lowest BCUT2D eigenvalue weighted by Crippen LogP contribution is -2.00. The molecular weight excluding hydrogens is 687 g/mol. The van der Waals surface area contributed by atoms with Crippen molar-refractivity contribution in [2.24, 2.45) is 0 Å². The fraction of sp³-hybridized carbons (Fsp3) is 0. The maximum Gasteiger partial charge on any atom is 0.167 e. The molecule has 5 nitrogen and oxygen atoms in total. The average Bonchev–Trinajstić information content (AvgIpc) is 3.89. The van der Waals surface area contributed by atoms with Crippen LogP contribution in [0.1, 0.15) is 6.85 Å². The number of fused-ring (bicyclic) bond motifs is 6. The van der Waals surface area contributed by atoms with E-state index >= 15 is 0 Å². The Morgan fingerprint density at radius 3 is 1.68 bits per heavy atom.